The van der Waals surface area contributed by atoms with Gasteiger partial charge in [-0.2, -0.15) is 0 Å². The van der Waals surface area contributed by atoms with Crippen molar-refractivity contribution in [3.05, 3.63) is 42.4 Å². The van der Waals surface area contributed by atoms with Crippen LogP contribution in [0.5, 0.6) is 0 Å². The van der Waals surface area contributed by atoms with E-state index in [-0.39, 0.29) is 5.91 Å². The summed E-state index contributed by atoms with van der Waals surface area (Å²) in [5.74, 6) is 2.07. The zero-order chi connectivity index (χ0) is 20.5. The van der Waals surface area contributed by atoms with Crippen LogP contribution in [0.25, 0.3) is 0 Å². The van der Waals surface area contributed by atoms with Crippen molar-refractivity contribution in [2.24, 2.45) is 4.99 Å². The molecule has 1 amide bonds. The number of rotatable bonds is 6. The van der Waals surface area contributed by atoms with Crippen molar-refractivity contribution >= 4 is 23.6 Å². The number of nitrogens with zero attached hydrogens (tertiary/aromatic N) is 6. The van der Waals surface area contributed by atoms with Crippen LogP contribution in [0.2, 0.25) is 0 Å². The van der Waals surface area contributed by atoms with Crippen molar-refractivity contribution in [2.45, 2.75) is 20.3 Å². The Balaban J connectivity index is 1.49. The molecule has 29 heavy (non-hydrogen) atoms. The third-order valence-electron chi connectivity index (χ3n) is 4.53. The van der Waals surface area contributed by atoms with Gasteiger partial charge in [-0.1, -0.05) is 6.07 Å². The molecule has 154 valence electrons. The molecule has 0 atom stereocenters. The molecule has 0 aromatic carbocycles. The molecular weight excluding hydrogens is 368 g/mol. The number of aryl methyl sites for hydroxylation is 1. The number of pyridine rings is 1. The van der Waals surface area contributed by atoms with Crippen molar-refractivity contribution in [1.82, 2.24) is 25.2 Å². The molecule has 1 saturated heterocycles. The Morgan fingerprint density at radius 1 is 1.14 bits per heavy atom. The highest BCUT2D eigenvalue weighted by Gasteiger charge is 2.21. The van der Waals surface area contributed by atoms with Gasteiger partial charge in [0, 0.05) is 57.7 Å². The smallest absolute Gasteiger partial charge is 0.227 e. The first-order chi connectivity index (χ1) is 14.2. The average Bonchev–Trinajstić information content (AvgIpc) is 2.75. The number of carbonyl (C=O) groups is 1. The van der Waals surface area contributed by atoms with E-state index in [0.717, 1.165) is 50.2 Å². The minimum absolute atomic E-state index is 0.0907. The van der Waals surface area contributed by atoms with Gasteiger partial charge in [-0.15, -0.1) is 0 Å². The van der Waals surface area contributed by atoms with Crippen LogP contribution in [0.1, 0.15) is 18.9 Å². The minimum Gasteiger partial charge on any atom is -0.357 e. The SMILES string of the molecule is CCNC(=NCCC(=O)Nc1ccc(C)cn1)N1CCN(c2ncccn2)CC1. The van der Waals surface area contributed by atoms with Crippen LogP contribution in [0.4, 0.5) is 11.8 Å². The number of guanidine groups is 1. The lowest BCUT2D eigenvalue weighted by Gasteiger charge is -2.36. The highest BCUT2D eigenvalue weighted by atomic mass is 16.1. The Bertz CT molecular complexity index is 801. The molecule has 9 heteroatoms. The van der Waals surface area contributed by atoms with E-state index < -0.39 is 0 Å². The van der Waals surface area contributed by atoms with Gasteiger partial charge in [0.25, 0.3) is 0 Å². The summed E-state index contributed by atoms with van der Waals surface area (Å²) < 4.78 is 0. The number of aliphatic imine (C=N–C) groups is 1. The maximum atomic E-state index is 12.1. The van der Waals surface area contributed by atoms with Crippen LogP contribution in [0.15, 0.2) is 41.8 Å². The average molecular weight is 396 g/mol. The predicted molar refractivity (Wildman–Crippen MR) is 114 cm³/mol. The highest BCUT2D eigenvalue weighted by molar-refractivity contribution is 5.90. The summed E-state index contributed by atoms with van der Waals surface area (Å²) >= 11 is 0. The van der Waals surface area contributed by atoms with Crippen LogP contribution in [-0.2, 0) is 4.79 Å². The lowest BCUT2D eigenvalue weighted by molar-refractivity contribution is -0.116. The van der Waals surface area contributed by atoms with E-state index >= 15 is 0 Å². The van der Waals surface area contributed by atoms with E-state index in [0.29, 0.717) is 18.8 Å². The second-order valence-corrected chi connectivity index (χ2v) is 6.78. The molecule has 2 aromatic rings. The van der Waals surface area contributed by atoms with Crippen LogP contribution in [0.3, 0.4) is 0 Å². The molecule has 1 aliphatic heterocycles. The largest absolute Gasteiger partial charge is 0.357 e. The quantitative estimate of drug-likeness (QED) is 0.561. The predicted octanol–water partition coefficient (Wildman–Crippen LogP) is 1.30. The van der Waals surface area contributed by atoms with Gasteiger partial charge in [0.15, 0.2) is 5.96 Å². The van der Waals surface area contributed by atoms with Crippen molar-refractivity contribution in [3.8, 4) is 0 Å². The lowest BCUT2D eigenvalue weighted by Crippen LogP contribution is -2.53. The molecule has 0 radical (unpaired) electrons. The second kappa shape index (κ2) is 10.4. The number of hydrogen-bond acceptors (Lipinski definition) is 6. The van der Waals surface area contributed by atoms with Crippen LogP contribution >= 0.6 is 0 Å². The van der Waals surface area contributed by atoms with E-state index in [1.807, 2.05) is 26.0 Å². The molecule has 2 N–H and O–H groups in total. The molecule has 0 bridgehead atoms. The summed E-state index contributed by atoms with van der Waals surface area (Å²) in [6, 6.07) is 5.54. The molecule has 2 aromatic heterocycles. The van der Waals surface area contributed by atoms with Gasteiger partial charge in [-0.25, -0.2) is 15.0 Å². The summed E-state index contributed by atoms with van der Waals surface area (Å²) in [6.45, 7) is 8.50. The molecule has 3 heterocycles. The Morgan fingerprint density at radius 2 is 1.90 bits per heavy atom. The third-order valence-corrected chi connectivity index (χ3v) is 4.53. The molecule has 0 spiro atoms. The van der Waals surface area contributed by atoms with E-state index in [1.54, 1.807) is 24.7 Å². The normalized spacial score (nSPS) is 14.6. The maximum Gasteiger partial charge on any atom is 0.227 e. The first kappa shape index (κ1) is 20.5. The number of carbonyl (C=O) groups excluding carboxylic acids is 1. The fourth-order valence-electron chi connectivity index (χ4n) is 3.01. The fraction of sp³-hybridized carbons (Fsp3) is 0.450. The summed E-state index contributed by atoms with van der Waals surface area (Å²) in [5.41, 5.74) is 1.06. The zero-order valence-corrected chi connectivity index (χ0v) is 17.0. The first-order valence-corrected chi connectivity index (χ1v) is 9.93. The zero-order valence-electron chi connectivity index (χ0n) is 17.0. The van der Waals surface area contributed by atoms with Gasteiger partial charge in [-0.3, -0.25) is 9.79 Å². The first-order valence-electron chi connectivity index (χ1n) is 9.93. The third kappa shape index (κ3) is 6.13. The van der Waals surface area contributed by atoms with Crippen LogP contribution in [0, 0.1) is 6.92 Å². The maximum absolute atomic E-state index is 12.1. The molecule has 3 rings (SSSR count). The Labute approximate surface area is 171 Å². The number of nitrogens with one attached hydrogen (secondary N) is 2. The summed E-state index contributed by atoms with van der Waals surface area (Å²) in [4.78, 5) is 34.0. The molecule has 9 nitrogen and oxygen atoms in total. The van der Waals surface area contributed by atoms with Gasteiger partial charge in [-0.05, 0) is 31.5 Å². The summed E-state index contributed by atoms with van der Waals surface area (Å²) in [5, 5.41) is 6.12. The molecule has 0 aliphatic carbocycles. The van der Waals surface area contributed by atoms with E-state index in [2.05, 4.69) is 40.4 Å². The van der Waals surface area contributed by atoms with E-state index in [4.69, 9.17) is 0 Å². The van der Waals surface area contributed by atoms with Crippen molar-refractivity contribution in [2.75, 3.05) is 49.5 Å². The Hall–Kier alpha value is -3.23. The van der Waals surface area contributed by atoms with Gasteiger partial charge in [0.05, 0.1) is 6.54 Å². The topological polar surface area (TPSA) is 98.6 Å². The summed E-state index contributed by atoms with van der Waals surface area (Å²) in [7, 11) is 0. The lowest BCUT2D eigenvalue weighted by atomic mass is 10.3. The molecule has 0 unspecified atom stereocenters. The number of aromatic nitrogens is 3. The molecule has 1 fully saturated rings. The van der Waals surface area contributed by atoms with Gasteiger partial charge in [0.1, 0.15) is 5.82 Å². The number of amides is 1. The number of piperazine rings is 1. The van der Waals surface area contributed by atoms with Crippen molar-refractivity contribution in [3.63, 3.8) is 0 Å². The second-order valence-electron chi connectivity index (χ2n) is 6.78. The Morgan fingerprint density at radius 3 is 2.55 bits per heavy atom. The summed E-state index contributed by atoms with van der Waals surface area (Å²) in [6.07, 6.45) is 5.56. The van der Waals surface area contributed by atoms with Gasteiger partial charge in [0.2, 0.25) is 11.9 Å². The standard InChI is InChI=1S/C20H28N8O/c1-3-21-19(24-10-7-18(29)26-17-6-5-16(2)15-25-17)27-11-13-28(14-12-27)20-22-8-4-9-23-20/h4-6,8-9,15H,3,7,10-14H2,1-2H3,(H,21,24)(H,25,26,29). The van der Waals surface area contributed by atoms with Gasteiger partial charge >= 0.3 is 0 Å². The molecular formula is C20H28N8O. The molecule has 0 saturated carbocycles. The van der Waals surface area contributed by atoms with E-state index in [1.165, 1.54) is 0 Å². The number of hydrogen-bond donors (Lipinski definition) is 2. The van der Waals surface area contributed by atoms with Crippen molar-refractivity contribution in [1.29, 1.82) is 0 Å². The van der Waals surface area contributed by atoms with E-state index in [9.17, 15) is 4.79 Å². The van der Waals surface area contributed by atoms with Crippen molar-refractivity contribution < 1.29 is 4.79 Å². The highest BCUT2D eigenvalue weighted by Crippen LogP contribution is 2.10. The van der Waals surface area contributed by atoms with Crippen LogP contribution in [-0.4, -0.2) is 71.0 Å². The monoisotopic (exact) mass is 396 g/mol. The number of anilines is 2. The fourth-order valence-corrected chi connectivity index (χ4v) is 3.01. The Kier molecular flexibility index (Phi) is 7.32. The van der Waals surface area contributed by atoms with Crippen LogP contribution < -0.4 is 15.5 Å². The molecule has 1 aliphatic rings. The van der Waals surface area contributed by atoms with Gasteiger partial charge < -0.3 is 20.4 Å². The minimum atomic E-state index is -0.0907.